The maximum atomic E-state index is 6.03. The van der Waals surface area contributed by atoms with Crippen molar-refractivity contribution in [2.75, 3.05) is 13.1 Å². The van der Waals surface area contributed by atoms with Gasteiger partial charge in [0.25, 0.3) is 0 Å². The van der Waals surface area contributed by atoms with Crippen molar-refractivity contribution in [3.8, 4) is 0 Å². The van der Waals surface area contributed by atoms with Crippen molar-refractivity contribution in [2.24, 2.45) is 18.7 Å². The normalized spacial score (nSPS) is 27.4. The molecule has 1 aromatic heterocycles. The summed E-state index contributed by atoms with van der Waals surface area (Å²) in [7, 11) is 1.99. The van der Waals surface area contributed by atoms with E-state index < -0.39 is 0 Å². The third kappa shape index (κ3) is 2.45. The molecule has 0 spiro atoms. The van der Waals surface area contributed by atoms with E-state index in [-0.39, 0.29) is 0 Å². The third-order valence-electron chi connectivity index (χ3n) is 4.45. The lowest BCUT2D eigenvalue weighted by Gasteiger charge is -2.41. The van der Waals surface area contributed by atoms with Gasteiger partial charge < -0.3 is 5.73 Å². The van der Waals surface area contributed by atoms with E-state index in [0.29, 0.717) is 18.6 Å². The molecule has 1 fully saturated rings. The number of hydrogen-bond acceptors (Lipinski definition) is 3. The van der Waals surface area contributed by atoms with E-state index in [4.69, 9.17) is 5.73 Å². The average Bonchev–Trinajstić information content (AvgIpc) is 2.65. The molecule has 0 bridgehead atoms. The molecular formula is C14H26N4. The number of aryl methyl sites for hydroxylation is 1. The SMILES string of the molecule is Cc1c(C(CN)N2CCC(C)CC2C)cnn1C. The summed E-state index contributed by atoms with van der Waals surface area (Å²) in [6.45, 7) is 8.62. The fourth-order valence-electron chi connectivity index (χ4n) is 3.17. The molecule has 0 saturated carbocycles. The van der Waals surface area contributed by atoms with E-state index in [1.54, 1.807) is 0 Å². The van der Waals surface area contributed by atoms with Crippen molar-refractivity contribution in [1.29, 1.82) is 0 Å². The van der Waals surface area contributed by atoms with Crippen LogP contribution in [0.15, 0.2) is 6.20 Å². The molecular weight excluding hydrogens is 224 g/mol. The first-order valence-corrected chi connectivity index (χ1v) is 6.98. The van der Waals surface area contributed by atoms with E-state index in [1.807, 2.05) is 17.9 Å². The Morgan fingerprint density at radius 2 is 2.22 bits per heavy atom. The standard InChI is InChI=1S/C14H26N4/c1-10-5-6-18(11(2)7-10)14(8-15)13-9-16-17(4)12(13)3/h9-11,14H,5-8,15H2,1-4H3. The van der Waals surface area contributed by atoms with E-state index in [0.717, 1.165) is 12.5 Å². The summed E-state index contributed by atoms with van der Waals surface area (Å²) in [4.78, 5) is 2.56. The Labute approximate surface area is 110 Å². The quantitative estimate of drug-likeness (QED) is 0.890. The highest BCUT2D eigenvalue weighted by Crippen LogP contribution is 2.31. The van der Waals surface area contributed by atoms with Crippen molar-refractivity contribution in [3.05, 3.63) is 17.5 Å². The second-order valence-corrected chi connectivity index (χ2v) is 5.78. The number of nitrogens with two attached hydrogens (primary N) is 1. The highest BCUT2D eigenvalue weighted by Gasteiger charge is 2.30. The molecule has 18 heavy (non-hydrogen) atoms. The fourth-order valence-corrected chi connectivity index (χ4v) is 3.17. The Hall–Kier alpha value is -0.870. The summed E-state index contributed by atoms with van der Waals surface area (Å²) >= 11 is 0. The van der Waals surface area contributed by atoms with Crippen LogP contribution < -0.4 is 5.73 Å². The summed E-state index contributed by atoms with van der Waals surface area (Å²) in [5, 5.41) is 4.35. The molecule has 1 aromatic rings. The minimum absolute atomic E-state index is 0.321. The average molecular weight is 250 g/mol. The van der Waals surface area contributed by atoms with Gasteiger partial charge in [-0.3, -0.25) is 9.58 Å². The largest absolute Gasteiger partial charge is 0.329 e. The van der Waals surface area contributed by atoms with Crippen LogP contribution in [-0.2, 0) is 7.05 Å². The molecule has 0 aromatic carbocycles. The van der Waals surface area contributed by atoms with Crippen LogP contribution in [0.2, 0.25) is 0 Å². The Kier molecular flexibility index (Phi) is 4.07. The number of hydrogen-bond donors (Lipinski definition) is 1. The van der Waals surface area contributed by atoms with Crippen LogP contribution in [0.1, 0.15) is 44.0 Å². The maximum absolute atomic E-state index is 6.03. The van der Waals surface area contributed by atoms with Gasteiger partial charge in [-0.05, 0) is 39.2 Å². The van der Waals surface area contributed by atoms with Crippen molar-refractivity contribution in [3.63, 3.8) is 0 Å². The smallest absolute Gasteiger partial charge is 0.0540 e. The van der Waals surface area contributed by atoms with Crippen LogP contribution in [0, 0.1) is 12.8 Å². The number of rotatable bonds is 3. The zero-order valence-corrected chi connectivity index (χ0v) is 12.1. The highest BCUT2D eigenvalue weighted by atomic mass is 15.3. The minimum Gasteiger partial charge on any atom is -0.329 e. The molecule has 0 radical (unpaired) electrons. The summed E-state index contributed by atoms with van der Waals surface area (Å²) in [5.74, 6) is 0.838. The first-order valence-electron chi connectivity index (χ1n) is 6.98. The zero-order chi connectivity index (χ0) is 13.3. The number of aromatic nitrogens is 2. The van der Waals surface area contributed by atoms with Crippen molar-refractivity contribution >= 4 is 0 Å². The molecule has 2 heterocycles. The molecule has 0 amide bonds. The molecule has 2 N–H and O–H groups in total. The lowest BCUT2D eigenvalue weighted by Crippen LogP contribution is -2.45. The summed E-state index contributed by atoms with van der Waals surface area (Å²) in [5.41, 5.74) is 8.56. The number of piperidine rings is 1. The number of likely N-dealkylation sites (tertiary alicyclic amines) is 1. The Morgan fingerprint density at radius 3 is 2.72 bits per heavy atom. The molecule has 1 aliphatic rings. The van der Waals surface area contributed by atoms with Crippen LogP contribution in [0.4, 0.5) is 0 Å². The van der Waals surface area contributed by atoms with Crippen molar-refractivity contribution in [2.45, 2.75) is 45.7 Å². The van der Waals surface area contributed by atoms with Gasteiger partial charge in [-0.2, -0.15) is 5.10 Å². The molecule has 102 valence electrons. The molecule has 3 atom stereocenters. The van der Waals surface area contributed by atoms with Gasteiger partial charge in [0.2, 0.25) is 0 Å². The van der Waals surface area contributed by atoms with E-state index >= 15 is 0 Å². The first-order chi connectivity index (χ1) is 8.54. The summed E-state index contributed by atoms with van der Waals surface area (Å²) < 4.78 is 1.94. The lowest BCUT2D eigenvalue weighted by molar-refractivity contribution is 0.0844. The highest BCUT2D eigenvalue weighted by molar-refractivity contribution is 5.21. The Bertz CT molecular complexity index is 398. The topological polar surface area (TPSA) is 47.1 Å². The van der Waals surface area contributed by atoms with Gasteiger partial charge in [-0.1, -0.05) is 6.92 Å². The first kappa shape index (κ1) is 13.6. The Balaban J connectivity index is 2.21. The second kappa shape index (κ2) is 5.41. The van der Waals surface area contributed by atoms with Crippen molar-refractivity contribution < 1.29 is 0 Å². The molecule has 0 aliphatic carbocycles. The van der Waals surface area contributed by atoms with E-state index in [9.17, 15) is 0 Å². The Morgan fingerprint density at radius 1 is 1.50 bits per heavy atom. The minimum atomic E-state index is 0.321. The van der Waals surface area contributed by atoms with Gasteiger partial charge in [0.1, 0.15) is 0 Å². The predicted octanol–water partition coefficient (Wildman–Crippen LogP) is 1.85. The van der Waals surface area contributed by atoms with Gasteiger partial charge in [0, 0.05) is 30.9 Å². The molecule has 2 rings (SSSR count). The van der Waals surface area contributed by atoms with Gasteiger partial charge in [-0.15, -0.1) is 0 Å². The van der Waals surface area contributed by atoms with E-state index in [2.05, 4.69) is 30.8 Å². The van der Waals surface area contributed by atoms with Crippen molar-refractivity contribution in [1.82, 2.24) is 14.7 Å². The monoisotopic (exact) mass is 250 g/mol. The number of nitrogens with zero attached hydrogens (tertiary/aromatic N) is 3. The van der Waals surface area contributed by atoms with Crippen LogP contribution in [-0.4, -0.2) is 33.8 Å². The van der Waals surface area contributed by atoms with Crippen LogP contribution in [0.5, 0.6) is 0 Å². The molecule has 4 heteroatoms. The zero-order valence-electron chi connectivity index (χ0n) is 12.1. The van der Waals surface area contributed by atoms with Crippen LogP contribution >= 0.6 is 0 Å². The van der Waals surface area contributed by atoms with Gasteiger partial charge in [0.15, 0.2) is 0 Å². The fraction of sp³-hybridized carbons (Fsp3) is 0.786. The lowest BCUT2D eigenvalue weighted by atomic mass is 9.90. The molecule has 3 unspecified atom stereocenters. The molecule has 4 nitrogen and oxygen atoms in total. The van der Waals surface area contributed by atoms with E-state index in [1.165, 1.54) is 24.1 Å². The van der Waals surface area contributed by atoms with Gasteiger partial charge >= 0.3 is 0 Å². The third-order valence-corrected chi connectivity index (χ3v) is 4.45. The predicted molar refractivity (Wildman–Crippen MR) is 74.3 cm³/mol. The van der Waals surface area contributed by atoms with Gasteiger partial charge in [0.05, 0.1) is 12.2 Å². The van der Waals surface area contributed by atoms with Crippen LogP contribution in [0.25, 0.3) is 0 Å². The molecule has 1 aliphatic heterocycles. The van der Waals surface area contributed by atoms with Crippen LogP contribution in [0.3, 0.4) is 0 Å². The molecule has 1 saturated heterocycles. The summed E-state index contributed by atoms with van der Waals surface area (Å²) in [6, 6.07) is 0.933. The maximum Gasteiger partial charge on any atom is 0.0540 e. The van der Waals surface area contributed by atoms with Gasteiger partial charge in [-0.25, -0.2) is 0 Å². The second-order valence-electron chi connectivity index (χ2n) is 5.78. The summed E-state index contributed by atoms with van der Waals surface area (Å²) in [6.07, 6.45) is 4.54.